The lowest BCUT2D eigenvalue weighted by Gasteiger charge is -2.23. The molecule has 0 atom stereocenters. The van der Waals surface area contributed by atoms with Crippen LogP contribution < -0.4 is 5.32 Å². The van der Waals surface area contributed by atoms with Gasteiger partial charge >= 0.3 is 5.97 Å². The molecule has 56 valence electrons. The van der Waals surface area contributed by atoms with Gasteiger partial charge in [-0.3, -0.25) is 0 Å². The van der Waals surface area contributed by atoms with E-state index >= 15 is 0 Å². The van der Waals surface area contributed by atoms with Crippen LogP contribution in [0, 0.1) is 5.92 Å². The molecule has 0 bridgehead atoms. The Morgan fingerprint density at radius 1 is 1.70 bits per heavy atom. The van der Waals surface area contributed by atoms with Gasteiger partial charge in [-0.05, 0) is 0 Å². The summed E-state index contributed by atoms with van der Waals surface area (Å²) in [4.78, 5) is 10.5. The van der Waals surface area contributed by atoms with Gasteiger partial charge in [0, 0.05) is 25.1 Å². The number of esters is 1. The number of hydrogen-bond donors (Lipinski definition) is 1. The molecule has 1 fully saturated rings. The van der Waals surface area contributed by atoms with E-state index < -0.39 is 0 Å². The number of hydrogen-bond acceptors (Lipinski definition) is 3. The highest BCUT2D eigenvalue weighted by Gasteiger charge is 2.12. The van der Waals surface area contributed by atoms with Crippen molar-refractivity contribution < 1.29 is 9.53 Å². The predicted octanol–water partition coefficient (Wildman–Crippen LogP) is -0.0650. The SMILES string of the molecule is COC(=O)C=CC1CNC1. The highest BCUT2D eigenvalue weighted by Crippen LogP contribution is 2.03. The number of methoxy groups -OCH3 is 1. The van der Waals surface area contributed by atoms with Gasteiger partial charge in [-0.25, -0.2) is 4.79 Å². The fourth-order valence-corrected chi connectivity index (χ4v) is 0.730. The van der Waals surface area contributed by atoms with E-state index in [0.29, 0.717) is 5.92 Å². The fraction of sp³-hybridized carbons (Fsp3) is 0.571. The van der Waals surface area contributed by atoms with Gasteiger partial charge in [0.05, 0.1) is 7.11 Å². The van der Waals surface area contributed by atoms with Crippen LogP contribution in [0.2, 0.25) is 0 Å². The van der Waals surface area contributed by atoms with Crippen molar-refractivity contribution in [1.82, 2.24) is 5.32 Å². The zero-order valence-corrected chi connectivity index (χ0v) is 5.96. The van der Waals surface area contributed by atoms with Gasteiger partial charge in [0.15, 0.2) is 0 Å². The molecule has 0 aliphatic carbocycles. The summed E-state index contributed by atoms with van der Waals surface area (Å²) in [7, 11) is 1.38. The fourth-order valence-electron chi connectivity index (χ4n) is 0.730. The summed E-state index contributed by atoms with van der Waals surface area (Å²) in [6, 6.07) is 0. The van der Waals surface area contributed by atoms with E-state index in [1.165, 1.54) is 13.2 Å². The van der Waals surface area contributed by atoms with Crippen molar-refractivity contribution in [1.29, 1.82) is 0 Å². The second kappa shape index (κ2) is 3.37. The highest BCUT2D eigenvalue weighted by atomic mass is 16.5. The highest BCUT2D eigenvalue weighted by molar-refractivity contribution is 5.81. The van der Waals surface area contributed by atoms with Crippen molar-refractivity contribution in [2.45, 2.75) is 0 Å². The predicted molar refractivity (Wildman–Crippen MR) is 37.5 cm³/mol. The average Bonchev–Trinajstić information content (AvgIpc) is 1.84. The number of nitrogens with one attached hydrogen (secondary N) is 1. The summed E-state index contributed by atoms with van der Waals surface area (Å²) >= 11 is 0. The summed E-state index contributed by atoms with van der Waals surface area (Å²) in [5, 5.41) is 3.10. The van der Waals surface area contributed by atoms with Gasteiger partial charge in [-0.1, -0.05) is 6.08 Å². The molecule has 3 nitrogen and oxygen atoms in total. The molecule has 0 amide bonds. The molecule has 0 saturated carbocycles. The monoisotopic (exact) mass is 141 g/mol. The first-order chi connectivity index (χ1) is 4.83. The summed E-state index contributed by atoms with van der Waals surface area (Å²) in [6.07, 6.45) is 3.36. The van der Waals surface area contributed by atoms with Gasteiger partial charge < -0.3 is 10.1 Å². The van der Waals surface area contributed by atoms with Crippen molar-refractivity contribution in [3.8, 4) is 0 Å². The Balaban J connectivity index is 2.21. The minimum atomic E-state index is -0.271. The number of ether oxygens (including phenoxy) is 1. The number of rotatable bonds is 2. The maximum Gasteiger partial charge on any atom is 0.330 e. The van der Waals surface area contributed by atoms with E-state index in [2.05, 4.69) is 10.1 Å². The van der Waals surface area contributed by atoms with Gasteiger partial charge in [-0.15, -0.1) is 0 Å². The van der Waals surface area contributed by atoms with E-state index in [0.717, 1.165) is 13.1 Å². The Bertz CT molecular complexity index is 150. The summed E-state index contributed by atoms with van der Waals surface area (Å²) < 4.78 is 4.42. The quantitative estimate of drug-likeness (QED) is 0.432. The lowest BCUT2D eigenvalue weighted by Crippen LogP contribution is -2.40. The molecule has 1 aliphatic rings. The molecule has 0 spiro atoms. The second-order valence-corrected chi connectivity index (χ2v) is 2.30. The Kier molecular flexibility index (Phi) is 2.45. The van der Waals surface area contributed by atoms with Crippen molar-refractivity contribution in [3.63, 3.8) is 0 Å². The average molecular weight is 141 g/mol. The Morgan fingerprint density at radius 3 is 2.80 bits per heavy atom. The molecule has 0 unspecified atom stereocenters. The van der Waals surface area contributed by atoms with Crippen LogP contribution in [0.5, 0.6) is 0 Å². The molecule has 1 aliphatic heterocycles. The van der Waals surface area contributed by atoms with Crippen LogP contribution in [0.3, 0.4) is 0 Å². The molecule has 0 radical (unpaired) electrons. The topological polar surface area (TPSA) is 38.3 Å². The molecular formula is C7H11NO2. The molecule has 1 saturated heterocycles. The normalized spacial score (nSPS) is 18.9. The molecule has 10 heavy (non-hydrogen) atoms. The third-order valence-electron chi connectivity index (χ3n) is 1.52. The minimum absolute atomic E-state index is 0.271. The van der Waals surface area contributed by atoms with Crippen molar-refractivity contribution >= 4 is 5.97 Å². The Hall–Kier alpha value is -0.830. The van der Waals surface area contributed by atoms with Gasteiger partial charge in [0.25, 0.3) is 0 Å². The zero-order valence-electron chi connectivity index (χ0n) is 5.96. The minimum Gasteiger partial charge on any atom is -0.466 e. The molecule has 0 aromatic heterocycles. The van der Waals surface area contributed by atoms with Crippen LogP contribution in [0.25, 0.3) is 0 Å². The van der Waals surface area contributed by atoms with Crippen LogP contribution in [-0.2, 0) is 9.53 Å². The molecule has 1 rings (SSSR count). The molecule has 1 heterocycles. The third-order valence-corrected chi connectivity index (χ3v) is 1.52. The van der Waals surface area contributed by atoms with E-state index in [-0.39, 0.29) is 5.97 Å². The van der Waals surface area contributed by atoms with Crippen LogP contribution in [0.1, 0.15) is 0 Å². The smallest absolute Gasteiger partial charge is 0.330 e. The Labute approximate surface area is 60.1 Å². The van der Waals surface area contributed by atoms with E-state index in [4.69, 9.17) is 0 Å². The molecule has 0 aromatic carbocycles. The zero-order chi connectivity index (χ0) is 7.40. The molecule has 0 aromatic rings. The molecular weight excluding hydrogens is 130 g/mol. The van der Waals surface area contributed by atoms with Crippen molar-refractivity contribution in [2.75, 3.05) is 20.2 Å². The summed E-state index contributed by atoms with van der Waals surface area (Å²) in [5.74, 6) is 0.256. The number of carbonyl (C=O) groups excluding carboxylic acids is 1. The largest absolute Gasteiger partial charge is 0.466 e. The molecule has 3 heteroatoms. The maximum absolute atomic E-state index is 10.5. The summed E-state index contributed by atoms with van der Waals surface area (Å²) in [5.41, 5.74) is 0. The van der Waals surface area contributed by atoms with Crippen molar-refractivity contribution in [3.05, 3.63) is 12.2 Å². The first-order valence-corrected chi connectivity index (χ1v) is 3.30. The van der Waals surface area contributed by atoms with Crippen LogP contribution in [0.4, 0.5) is 0 Å². The van der Waals surface area contributed by atoms with Crippen LogP contribution in [-0.4, -0.2) is 26.2 Å². The van der Waals surface area contributed by atoms with E-state index in [9.17, 15) is 4.79 Å². The van der Waals surface area contributed by atoms with E-state index in [1.54, 1.807) is 0 Å². The first kappa shape index (κ1) is 7.28. The van der Waals surface area contributed by atoms with Crippen LogP contribution >= 0.6 is 0 Å². The first-order valence-electron chi connectivity index (χ1n) is 3.30. The second-order valence-electron chi connectivity index (χ2n) is 2.30. The van der Waals surface area contributed by atoms with Crippen LogP contribution in [0.15, 0.2) is 12.2 Å². The van der Waals surface area contributed by atoms with Gasteiger partial charge in [0.1, 0.15) is 0 Å². The summed E-state index contributed by atoms with van der Waals surface area (Å²) in [6.45, 7) is 1.96. The van der Waals surface area contributed by atoms with E-state index in [1.807, 2.05) is 6.08 Å². The third kappa shape index (κ3) is 1.84. The Morgan fingerprint density at radius 2 is 2.40 bits per heavy atom. The number of carbonyl (C=O) groups is 1. The maximum atomic E-state index is 10.5. The lowest BCUT2D eigenvalue weighted by molar-refractivity contribution is -0.134. The van der Waals surface area contributed by atoms with Gasteiger partial charge in [-0.2, -0.15) is 0 Å². The lowest BCUT2D eigenvalue weighted by atomic mass is 10.0. The van der Waals surface area contributed by atoms with Gasteiger partial charge in [0.2, 0.25) is 0 Å². The standard InChI is InChI=1S/C7H11NO2/c1-10-7(9)3-2-6-4-8-5-6/h2-3,6,8H,4-5H2,1H3. The molecule has 1 N–H and O–H groups in total. The van der Waals surface area contributed by atoms with Crippen molar-refractivity contribution in [2.24, 2.45) is 5.92 Å².